The van der Waals surface area contributed by atoms with Gasteiger partial charge in [-0.25, -0.2) is 0 Å². The molecule has 5 nitrogen and oxygen atoms in total. The van der Waals surface area contributed by atoms with Crippen LogP contribution in [-0.2, 0) is 9.59 Å². The zero-order valence-electron chi connectivity index (χ0n) is 15.7. The summed E-state index contributed by atoms with van der Waals surface area (Å²) in [5.41, 5.74) is 0. The van der Waals surface area contributed by atoms with Crippen molar-refractivity contribution in [3.8, 4) is 5.75 Å². The molecule has 0 bridgehead atoms. The predicted molar refractivity (Wildman–Crippen MR) is 101 cm³/mol. The number of benzene rings is 1. The van der Waals surface area contributed by atoms with Gasteiger partial charge in [0.25, 0.3) is 0 Å². The molecule has 2 amide bonds. The second kappa shape index (κ2) is 9.06. The average Bonchev–Trinajstić information content (AvgIpc) is 2.65. The highest BCUT2D eigenvalue weighted by Crippen LogP contribution is 2.33. The van der Waals surface area contributed by atoms with Gasteiger partial charge in [0.2, 0.25) is 11.8 Å². The fraction of sp³-hybridized carbons (Fsp3) is 0.619. The molecule has 1 heterocycles. The molecule has 2 aliphatic rings. The van der Waals surface area contributed by atoms with Crippen LogP contribution in [0.15, 0.2) is 30.3 Å². The Morgan fingerprint density at radius 3 is 2.50 bits per heavy atom. The van der Waals surface area contributed by atoms with Gasteiger partial charge in [-0.2, -0.15) is 0 Å². The SMILES string of the molecule is CCCCNC(=O)[C@@H]1CCCC[C@@H]1C(=O)N1CC(Oc2ccccc2)C1. The molecule has 26 heavy (non-hydrogen) atoms. The van der Waals surface area contributed by atoms with E-state index in [1.807, 2.05) is 35.2 Å². The summed E-state index contributed by atoms with van der Waals surface area (Å²) in [6, 6.07) is 9.71. The van der Waals surface area contributed by atoms with Gasteiger partial charge in [0, 0.05) is 18.4 Å². The highest BCUT2D eigenvalue weighted by molar-refractivity contribution is 5.88. The summed E-state index contributed by atoms with van der Waals surface area (Å²) < 4.78 is 5.88. The van der Waals surface area contributed by atoms with Gasteiger partial charge in [0.1, 0.15) is 11.9 Å². The van der Waals surface area contributed by atoms with Crippen molar-refractivity contribution in [3.63, 3.8) is 0 Å². The highest BCUT2D eigenvalue weighted by Gasteiger charge is 2.41. The van der Waals surface area contributed by atoms with Gasteiger partial charge in [-0.05, 0) is 31.4 Å². The molecular formula is C21H30N2O3. The molecule has 0 aromatic heterocycles. The number of amides is 2. The van der Waals surface area contributed by atoms with Crippen molar-refractivity contribution in [1.29, 1.82) is 0 Å². The van der Waals surface area contributed by atoms with E-state index in [4.69, 9.17) is 4.74 Å². The number of likely N-dealkylation sites (tertiary alicyclic amines) is 1. The summed E-state index contributed by atoms with van der Waals surface area (Å²) in [4.78, 5) is 27.3. The third kappa shape index (κ3) is 4.57. The number of carbonyl (C=O) groups is 2. The van der Waals surface area contributed by atoms with Gasteiger partial charge in [0.15, 0.2) is 0 Å². The van der Waals surface area contributed by atoms with Crippen molar-refractivity contribution in [2.45, 2.75) is 51.6 Å². The molecule has 2 fully saturated rings. The zero-order valence-corrected chi connectivity index (χ0v) is 15.7. The van der Waals surface area contributed by atoms with E-state index in [9.17, 15) is 9.59 Å². The Morgan fingerprint density at radius 1 is 1.12 bits per heavy atom. The van der Waals surface area contributed by atoms with Crippen molar-refractivity contribution in [3.05, 3.63) is 30.3 Å². The number of ether oxygens (including phenoxy) is 1. The first-order chi connectivity index (χ1) is 12.7. The lowest BCUT2D eigenvalue weighted by Crippen LogP contribution is -2.59. The lowest BCUT2D eigenvalue weighted by molar-refractivity contribution is -0.150. The molecule has 1 aliphatic heterocycles. The third-order valence-corrected chi connectivity index (χ3v) is 5.46. The number of hydrogen-bond acceptors (Lipinski definition) is 3. The largest absolute Gasteiger partial charge is 0.487 e. The molecule has 0 unspecified atom stereocenters. The Balaban J connectivity index is 1.50. The number of unbranched alkanes of at least 4 members (excludes halogenated alkanes) is 1. The lowest BCUT2D eigenvalue weighted by atomic mass is 9.77. The minimum Gasteiger partial charge on any atom is -0.487 e. The maximum absolute atomic E-state index is 12.9. The van der Waals surface area contributed by atoms with Gasteiger partial charge in [0.05, 0.1) is 13.1 Å². The molecule has 1 saturated carbocycles. The van der Waals surface area contributed by atoms with Crippen LogP contribution in [0.1, 0.15) is 45.4 Å². The van der Waals surface area contributed by atoms with Crippen LogP contribution < -0.4 is 10.1 Å². The van der Waals surface area contributed by atoms with E-state index in [1.54, 1.807) is 0 Å². The first kappa shape index (κ1) is 18.7. The molecule has 1 aromatic carbocycles. The average molecular weight is 358 g/mol. The Labute approximate surface area is 156 Å². The van der Waals surface area contributed by atoms with Crippen LogP contribution >= 0.6 is 0 Å². The Morgan fingerprint density at radius 2 is 1.81 bits per heavy atom. The quantitative estimate of drug-likeness (QED) is 0.762. The lowest BCUT2D eigenvalue weighted by Gasteiger charge is -2.42. The van der Waals surface area contributed by atoms with Gasteiger partial charge >= 0.3 is 0 Å². The topological polar surface area (TPSA) is 58.6 Å². The third-order valence-electron chi connectivity index (χ3n) is 5.46. The van der Waals surface area contributed by atoms with Gasteiger partial charge < -0.3 is 15.0 Å². The molecule has 1 saturated heterocycles. The van der Waals surface area contributed by atoms with Crippen molar-refractivity contribution in [1.82, 2.24) is 10.2 Å². The summed E-state index contributed by atoms with van der Waals surface area (Å²) >= 11 is 0. The van der Waals surface area contributed by atoms with Crippen molar-refractivity contribution in [2.75, 3.05) is 19.6 Å². The first-order valence-corrected chi connectivity index (χ1v) is 9.97. The van der Waals surface area contributed by atoms with E-state index in [0.717, 1.165) is 44.3 Å². The van der Waals surface area contributed by atoms with Crippen LogP contribution in [0.4, 0.5) is 0 Å². The zero-order chi connectivity index (χ0) is 18.4. The number of nitrogens with one attached hydrogen (secondary N) is 1. The Hall–Kier alpha value is -2.04. The van der Waals surface area contributed by atoms with Crippen LogP contribution in [0.25, 0.3) is 0 Å². The molecule has 1 aromatic rings. The van der Waals surface area contributed by atoms with Gasteiger partial charge in [-0.15, -0.1) is 0 Å². The molecule has 0 radical (unpaired) electrons. The summed E-state index contributed by atoms with van der Waals surface area (Å²) in [5, 5.41) is 3.02. The standard InChI is InChI=1S/C21H30N2O3/c1-2-3-13-22-20(24)18-11-7-8-12-19(18)21(25)23-14-17(15-23)26-16-9-5-4-6-10-16/h4-6,9-10,17-19H,2-3,7-8,11-15H2,1H3,(H,22,24)/t18-,19+/m1/s1. The van der Waals surface area contributed by atoms with E-state index in [1.165, 1.54) is 0 Å². The van der Waals surface area contributed by atoms with E-state index in [0.29, 0.717) is 19.6 Å². The highest BCUT2D eigenvalue weighted by atomic mass is 16.5. The predicted octanol–water partition coefficient (Wildman–Crippen LogP) is 3.00. The minimum atomic E-state index is -0.165. The molecule has 0 spiro atoms. The van der Waals surface area contributed by atoms with E-state index in [2.05, 4.69) is 12.2 Å². The van der Waals surface area contributed by atoms with Gasteiger partial charge in [-0.1, -0.05) is 44.4 Å². The maximum atomic E-state index is 12.9. The van der Waals surface area contributed by atoms with Crippen LogP contribution in [0, 0.1) is 11.8 Å². The van der Waals surface area contributed by atoms with E-state index in [-0.39, 0.29) is 29.8 Å². The van der Waals surface area contributed by atoms with Crippen LogP contribution in [-0.4, -0.2) is 42.5 Å². The monoisotopic (exact) mass is 358 g/mol. The smallest absolute Gasteiger partial charge is 0.226 e. The fourth-order valence-electron chi connectivity index (χ4n) is 3.88. The second-order valence-corrected chi connectivity index (χ2v) is 7.44. The number of nitrogens with zero attached hydrogens (tertiary/aromatic N) is 1. The fourth-order valence-corrected chi connectivity index (χ4v) is 3.88. The molecule has 1 N–H and O–H groups in total. The number of hydrogen-bond donors (Lipinski definition) is 1. The van der Waals surface area contributed by atoms with Gasteiger partial charge in [-0.3, -0.25) is 9.59 Å². The van der Waals surface area contributed by atoms with Crippen molar-refractivity contribution in [2.24, 2.45) is 11.8 Å². The minimum absolute atomic E-state index is 0.0572. The summed E-state index contributed by atoms with van der Waals surface area (Å²) in [6.45, 7) is 4.06. The van der Waals surface area contributed by atoms with Crippen LogP contribution in [0.2, 0.25) is 0 Å². The Bertz CT molecular complexity index is 599. The molecule has 142 valence electrons. The summed E-state index contributed by atoms with van der Waals surface area (Å²) in [7, 11) is 0. The van der Waals surface area contributed by atoms with Crippen LogP contribution in [0.3, 0.4) is 0 Å². The summed E-state index contributed by atoms with van der Waals surface area (Å²) in [6.07, 6.45) is 5.83. The van der Waals surface area contributed by atoms with Crippen molar-refractivity contribution < 1.29 is 14.3 Å². The number of para-hydroxylation sites is 1. The summed E-state index contributed by atoms with van der Waals surface area (Å²) in [5.74, 6) is 0.711. The van der Waals surface area contributed by atoms with Crippen molar-refractivity contribution >= 4 is 11.8 Å². The second-order valence-electron chi connectivity index (χ2n) is 7.44. The van der Waals surface area contributed by atoms with E-state index < -0.39 is 0 Å². The number of carbonyl (C=O) groups excluding carboxylic acids is 2. The first-order valence-electron chi connectivity index (χ1n) is 9.97. The molecule has 3 rings (SSSR count). The van der Waals surface area contributed by atoms with E-state index >= 15 is 0 Å². The number of rotatable bonds is 7. The maximum Gasteiger partial charge on any atom is 0.226 e. The molecule has 2 atom stereocenters. The normalized spacial score (nSPS) is 23.2. The Kier molecular flexibility index (Phi) is 6.53. The molecule has 1 aliphatic carbocycles. The molecule has 5 heteroatoms. The molecular weight excluding hydrogens is 328 g/mol. The van der Waals surface area contributed by atoms with Crippen LogP contribution in [0.5, 0.6) is 5.75 Å².